The Morgan fingerprint density at radius 2 is 1.52 bits per heavy atom. The van der Waals surface area contributed by atoms with Crippen molar-refractivity contribution in [1.29, 1.82) is 0 Å². The number of carbonyl (C=O) groups is 1. The third-order valence-corrected chi connectivity index (χ3v) is 3.76. The van der Waals surface area contributed by atoms with Gasteiger partial charge in [0.2, 0.25) is 0 Å². The lowest BCUT2D eigenvalue weighted by atomic mass is 10.0. The molecule has 2 rings (SSSR count). The summed E-state index contributed by atoms with van der Waals surface area (Å²) in [6.45, 7) is 5.51. The van der Waals surface area contributed by atoms with E-state index in [1.165, 1.54) is 0 Å². The van der Waals surface area contributed by atoms with Crippen molar-refractivity contribution in [2.75, 3.05) is 0 Å². The average Bonchev–Trinajstić information content (AvgIpc) is 2.59. The van der Waals surface area contributed by atoms with Crippen LogP contribution < -0.4 is 0 Å². The monoisotopic (exact) mass is 307 g/mol. The molecule has 0 spiro atoms. The van der Waals surface area contributed by atoms with Crippen LogP contribution in [0.4, 0.5) is 0 Å². The van der Waals surface area contributed by atoms with Gasteiger partial charge >= 0.3 is 5.97 Å². The fraction of sp³-hybridized carbons (Fsp3) is 0.200. The summed E-state index contributed by atoms with van der Waals surface area (Å²) in [7, 11) is 0. The third-order valence-electron chi connectivity index (χ3n) is 3.76. The van der Waals surface area contributed by atoms with Gasteiger partial charge in [0.15, 0.2) is 0 Å². The van der Waals surface area contributed by atoms with Crippen LogP contribution in [0.5, 0.6) is 0 Å². The highest BCUT2D eigenvalue weighted by Gasteiger charge is 2.11. The Morgan fingerprint density at radius 1 is 0.957 bits per heavy atom. The Labute approximate surface area is 137 Å². The first-order valence-corrected chi connectivity index (χ1v) is 7.67. The number of hydrogen-bond donors (Lipinski definition) is 1. The maximum atomic E-state index is 11.3. The van der Waals surface area contributed by atoms with Gasteiger partial charge in [-0.2, -0.15) is 0 Å². The van der Waals surface area contributed by atoms with Gasteiger partial charge in [-0.15, -0.1) is 0 Å². The maximum Gasteiger partial charge on any atom is 0.333 e. The summed E-state index contributed by atoms with van der Waals surface area (Å²) in [6.07, 6.45) is 0.790. The van der Waals surface area contributed by atoms with Crippen molar-refractivity contribution in [2.45, 2.75) is 27.2 Å². The number of aliphatic imine (C=N–C) groups is 1. The summed E-state index contributed by atoms with van der Waals surface area (Å²) in [5.41, 5.74) is 4.73. The molecule has 1 N–H and O–H groups in total. The maximum absolute atomic E-state index is 11.3. The summed E-state index contributed by atoms with van der Waals surface area (Å²) in [5, 5.41) is 9.30. The minimum absolute atomic E-state index is 0.255. The molecular weight excluding hydrogens is 286 g/mol. The highest BCUT2D eigenvalue weighted by molar-refractivity contribution is 5.98. The Morgan fingerprint density at radius 3 is 2.04 bits per heavy atom. The highest BCUT2D eigenvalue weighted by atomic mass is 16.4. The van der Waals surface area contributed by atoms with Gasteiger partial charge in [-0.1, -0.05) is 61.5 Å². The molecular formula is C20H21NO2. The minimum atomic E-state index is -0.945. The molecule has 0 unspecified atom stereocenters. The molecule has 0 aliphatic rings. The molecule has 2 aromatic carbocycles. The van der Waals surface area contributed by atoms with Crippen molar-refractivity contribution in [3.63, 3.8) is 0 Å². The van der Waals surface area contributed by atoms with Crippen molar-refractivity contribution in [2.24, 2.45) is 4.99 Å². The van der Waals surface area contributed by atoms with E-state index >= 15 is 0 Å². The number of aliphatic carboxylic acids is 1. The van der Waals surface area contributed by atoms with Crippen LogP contribution in [-0.2, 0) is 4.79 Å². The second kappa shape index (κ2) is 7.54. The fourth-order valence-corrected chi connectivity index (χ4v) is 2.19. The van der Waals surface area contributed by atoms with Crippen molar-refractivity contribution in [3.05, 3.63) is 65.7 Å². The largest absolute Gasteiger partial charge is 0.478 e. The van der Waals surface area contributed by atoms with E-state index in [-0.39, 0.29) is 5.57 Å². The van der Waals surface area contributed by atoms with E-state index < -0.39 is 5.97 Å². The molecule has 2 aromatic rings. The van der Waals surface area contributed by atoms with Gasteiger partial charge in [-0.05, 0) is 31.4 Å². The SMILES string of the molecule is CCC(C)=NC(=C(C)C(=O)O)c1ccc(-c2ccccc2)cc1. The Balaban J connectivity index is 2.45. The van der Waals surface area contributed by atoms with Gasteiger partial charge < -0.3 is 5.11 Å². The molecule has 0 saturated carbocycles. The predicted octanol–water partition coefficient (Wildman–Crippen LogP) is 5.04. The molecule has 0 bridgehead atoms. The topological polar surface area (TPSA) is 49.7 Å². The number of carboxylic acids is 1. The van der Waals surface area contributed by atoms with Crippen molar-refractivity contribution in [1.82, 2.24) is 0 Å². The molecule has 0 amide bonds. The smallest absolute Gasteiger partial charge is 0.333 e. The molecule has 0 aliphatic carbocycles. The number of hydrogen-bond acceptors (Lipinski definition) is 2. The first kappa shape index (κ1) is 16.7. The molecule has 3 nitrogen and oxygen atoms in total. The number of rotatable bonds is 5. The van der Waals surface area contributed by atoms with Crippen LogP contribution in [0.25, 0.3) is 16.8 Å². The van der Waals surface area contributed by atoms with Crippen molar-refractivity contribution >= 4 is 17.4 Å². The first-order chi connectivity index (χ1) is 11.0. The van der Waals surface area contributed by atoms with Gasteiger partial charge in [-0.25, -0.2) is 4.79 Å². The van der Waals surface area contributed by atoms with Gasteiger partial charge in [0.1, 0.15) is 0 Å². The summed E-state index contributed by atoms with van der Waals surface area (Å²) in [6, 6.07) is 17.9. The second-order valence-corrected chi connectivity index (χ2v) is 5.42. The summed E-state index contributed by atoms with van der Waals surface area (Å²) < 4.78 is 0. The number of benzene rings is 2. The van der Waals surface area contributed by atoms with Crippen molar-refractivity contribution < 1.29 is 9.90 Å². The van der Waals surface area contributed by atoms with E-state index in [1.54, 1.807) is 6.92 Å². The molecule has 0 saturated heterocycles. The normalized spacial score (nSPS) is 12.7. The molecule has 0 aliphatic heterocycles. The summed E-state index contributed by atoms with van der Waals surface area (Å²) >= 11 is 0. The van der Waals surface area contributed by atoms with Gasteiger partial charge in [0.05, 0.1) is 11.3 Å². The summed E-state index contributed by atoms with van der Waals surface area (Å²) in [5.74, 6) is -0.945. The second-order valence-electron chi connectivity index (χ2n) is 5.42. The Hall–Kier alpha value is -2.68. The molecule has 0 atom stereocenters. The molecule has 0 aromatic heterocycles. The van der Waals surface area contributed by atoms with Gasteiger partial charge in [-0.3, -0.25) is 4.99 Å². The fourth-order valence-electron chi connectivity index (χ4n) is 2.19. The van der Waals surface area contributed by atoms with Crippen LogP contribution >= 0.6 is 0 Å². The quantitative estimate of drug-likeness (QED) is 0.621. The van der Waals surface area contributed by atoms with Crippen LogP contribution in [0, 0.1) is 0 Å². The molecule has 0 radical (unpaired) electrons. The lowest BCUT2D eigenvalue weighted by Gasteiger charge is -2.09. The summed E-state index contributed by atoms with van der Waals surface area (Å²) in [4.78, 5) is 15.8. The third kappa shape index (κ3) is 4.16. The van der Waals surface area contributed by atoms with E-state index in [0.717, 1.165) is 28.8 Å². The minimum Gasteiger partial charge on any atom is -0.478 e. The molecule has 0 heterocycles. The molecule has 118 valence electrons. The van der Waals surface area contributed by atoms with E-state index in [1.807, 2.05) is 68.4 Å². The van der Waals surface area contributed by atoms with Crippen LogP contribution in [0.3, 0.4) is 0 Å². The van der Waals surface area contributed by atoms with E-state index in [9.17, 15) is 9.90 Å². The standard InChI is InChI=1S/C20H21NO2/c1-4-14(2)21-19(15(3)20(22)23)18-12-10-17(11-13-18)16-8-6-5-7-9-16/h5-13H,4H2,1-3H3,(H,22,23). The lowest BCUT2D eigenvalue weighted by Crippen LogP contribution is -2.01. The number of nitrogens with zero attached hydrogens (tertiary/aromatic N) is 1. The zero-order valence-corrected chi connectivity index (χ0v) is 13.7. The van der Waals surface area contributed by atoms with E-state index in [4.69, 9.17) is 0 Å². The lowest BCUT2D eigenvalue weighted by molar-refractivity contribution is -0.132. The zero-order valence-electron chi connectivity index (χ0n) is 13.7. The molecule has 0 fully saturated rings. The van der Waals surface area contributed by atoms with E-state index in [0.29, 0.717) is 5.70 Å². The first-order valence-electron chi connectivity index (χ1n) is 7.67. The molecule has 23 heavy (non-hydrogen) atoms. The Bertz CT molecular complexity index is 741. The van der Waals surface area contributed by atoms with Crippen LogP contribution in [0.15, 0.2) is 65.2 Å². The van der Waals surface area contributed by atoms with Gasteiger partial charge in [0, 0.05) is 11.3 Å². The Kier molecular flexibility index (Phi) is 5.47. The predicted molar refractivity (Wildman–Crippen MR) is 95.5 cm³/mol. The van der Waals surface area contributed by atoms with Crippen molar-refractivity contribution in [3.8, 4) is 11.1 Å². The average molecular weight is 307 g/mol. The number of carboxylic acid groups (broad SMARTS) is 1. The van der Waals surface area contributed by atoms with E-state index in [2.05, 4.69) is 4.99 Å². The highest BCUT2D eigenvalue weighted by Crippen LogP contribution is 2.25. The van der Waals surface area contributed by atoms with Crippen LogP contribution in [0.2, 0.25) is 0 Å². The van der Waals surface area contributed by atoms with Gasteiger partial charge in [0.25, 0.3) is 0 Å². The van der Waals surface area contributed by atoms with Crippen LogP contribution in [-0.4, -0.2) is 16.8 Å². The molecule has 3 heteroatoms. The van der Waals surface area contributed by atoms with Crippen LogP contribution in [0.1, 0.15) is 32.8 Å². The zero-order chi connectivity index (χ0) is 16.8.